The Balaban J connectivity index is 2.10. The van der Waals surface area contributed by atoms with Crippen LogP contribution >= 0.6 is 11.6 Å². The van der Waals surface area contributed by atoms with Crippen LogP contribution < -0.4 is 10.2 Å². The van der Waals surface area contributed by atoms with Crippen molar-refractivity contribution < 1.29 is 0 Å². The standard InChI is InChI=1S/C15H24ClN3/c1-11(2)17-10-14-13(16)8-9-15(18-14)19(3)12-6-4-5-7-12/h8-9,11-12,17H,4-7,10H2,1-3H3. The van der Waals surface area contributed by atoms with Crippen LogP contribution in [-0.4, -0.2) is 24.1 Å². The molecule has 1 heterocycles. The first kappa shape index (κ1) is 14.6. The van der Waals surface area contributed by atoms with E-state index in [9.17, 15) is 0 Å². The summed E-state index contributed by atoms with van der Waals surface area (Å²) >= 11 is 6.22. The topological polar surface area (TPSA) is 28.2 Å². The Morgan fingerprint density at radius 3 is 2.68 bits per heavy atom. The number of nitrogens with zero attached hydrogens (tertiary/aromatic N) is 2. The molecule has 0 aromatic carbocycles. The smallest absolute Gasteiger partial charge is 0.128 e. The monoisotopic (exact) mass is 281 g/mol. The molecule has 0 atom stereocenters. The van der Waals surface area contributed by atoms with Gasteiger partial charge < -0.3 is 10.2 Å². The number of aromatic nitrogens is 1. The van der Waals surface area contributed by atoms with Gasteiger partial charge in [-0.05, 0) is 25.0 Å². The van der Waals surface area contributed by atoms with Crippen LogP contribution in [0, 0.1) is 0 Å². The van der Waals surface area contributed by atoms with Crippen LogP contribution in [0.5, 0.6) is 0 Å². The zero-order chi connectivity index (χ0) is 13.8. The van der Waals surface area contributed by atoms with Gasteiger partial charge in [-0.1, -0.05) is 38.3 Å². The zero-order valence-electron chi connectivity index (χ0n) is 12.1. The Labute approximate surface area is 121 Å². The van der Waals surface area contributed by atoms with E-state index in [-0.39, 0.29) is 0 Å². The van der Waals surface area contributed by atoms with Crippen LogP contribution in [0.4, 0.5) is 5.82 Å². The van der Waals surface area contributed by atoms with Crippen LogP contribution in [0.15, 0.2) is 12.1 Å². The second-order valence-electron chi connectivity index (χ2n) is 5.68. The summed E-state index contributed by atoms with van der Waals surface area (Å²) in [7, 11) is 2.14. The molecule has 3 nitrogen and oxygen atoms in total. The lowest BCUT2D eigenvalue weighted by atomic mass is 10.2. The normalized spacial score (nSPS) is 16.3. The van der Waals surface area contributed by atoms with Gasteiger partial charge in [-0.25, -0.2) is 4.98 Å². The molecular formula is C15H24ClN3. The summed E-state index contributed by atoms with van der Waals surface area (Å²) in [4.78, 5) is 7.03. The fourth-order valence-electron chi connectivity index (χ4n) is 2.57. The minimum atomic E-state index is 0.439. The molecule has 2 rings (SSSR count). The van der Waals surface area contributed by atoms with E-state index in [2.05, 4.69) is 31.1 Å². The van der Waals surface area contributed by atoms with Gasteiger partial charge >= 0.3 is 0 Å². The number of hydrogen-bond acceptors (Lipinski definition) is 3. The minimum Gasteiger partial charge on any atom is -0.357 e. The molecule has 0 saturated heterocycles. The van der Waals surface area contributed by atoms with Crippen molar-refractivity contribution in [1.82, 2.24) is 10.3 Å². The van der Waals surface area contributed by atoms with Crippen molar-refractivity contribution in [2.24, 2.45) is 0 Å². The molecule has 1 saturated carbocycles. The highest BCUT2D eigenvalue weighted by Gasteiger charge is 2.21. The third-order valence-corrected chi connectivity index (χ3v) is 4.16. The largest absolute Gasteiger partial charge is 0.357 e. The maximum Gasteiger partial charge on any atom is 0.128 e. The van der Waals surface area contributed by atoms with Gasteiger partial charge in [0.2, 0.25) is 0 Å². The zero-order valence-corrected chi connectivity index (χ0v) is 12.9. The molecule has 0 radical (unpaired) electrons. The third kappa shape index (κ3) is 3.83. The molecule has 0 spiro atoms. The Morgan fingerprint density at radius 2 is 2.05 bits per heavy atom. The number of pyridine rings is 1. The molecule has 1 aliphatic rings. The summed E-state index contributed by atoms with van der Waals surface area (Å²) in [6.45, 7) is 4.98. The van der Waals surface area contributed by atoms with E-state index >= 15 is 0 Å². The van der Waals surface area contributed by atoms with E-state index in [1.165, 1.54) is 25.7 Å². The summed E-state index contributed by atoms with van der Waals surface area (Å²) in [6.07, 6.45) is 5.23. The molecule has 0 bridgehead atoms. The minimum absolute atomic E-state index is 0.439. The van der Waals surface area contributed by atoms with E-state index in [4.69, 9.17) is 16.6 Å². The third-order valence-electron chi connectivity index (χ3n) is 3.82. The van der Waals surface area contributed by atoms with Crippen LogP contribution in [0.2, 0.25) is 5.02 Å². The van der Waals surface area contributed by atoms with Crippen LogP contribution in [0.3, 0.4) is 0 Å². The number of nitrogens with one attached hydrogen (secondary N) is 1. The Kier molecular flexibility index (Phi) is 5.06. The maximum absolute atomic E-state index is 6.22. The molecule has 4 heteroatoms. The van der Waals surface area contributed by atoms with Crippen molar-refractivity contribution >= 4 is 17.4 Å². The number of halogens is 1. The molecule has 1 aromatic rings. The van der Waals surface area contributed by atoms with Crippen molar-refractivity contribution in [2.75, 3.05) is 11.9 Å². The molecular weight excluding hydrogens is 258 g/mol. The van der Waals surface area contributed by atoms with Crippen LogP contribution in [0.1, 0.15) is 45.2 Å². The first-order valence-corrected chi connectivity index (χ1v) is 7.57. The fourth-order valence-corrected chi connectivity index (χ4v) is 2.74. The van der Waals surface area contributed by atoms with Crippen LogP contribution in [0.25, 0.3) is 0 Å². The summed E-state index contributed by atoms with van der Waals surface area (Å²) in [5, 5.41) is 4.12. The van der Waals surface area contributed by atoms with Crippen molar-refractivity contribution in [2.45, 2.75) is 58.2 Å². The molecule has 1 fully saturated rings. The molecule has 19 heavy (non-hydrogen) atoms. The second-order valence-corrected chi connectivity index (χ2v) is 6.09. The molecule has 1 N–H and O–H groups in total. The van der Waals surface area contributed by atoms with Gasteiger partial charge in [-0.2, -0.15) is 0 Å². The number of rotatable bonds is 5. The van der Waals surface area contributed by atoms with Gasteiger partial charge in [0.1, 0.15) is 5.82 Å². The predicted octanol–water partition coefficient (Wildman–Crippen LogP) is 3.61. The Morgan fingerprint density at radius 1 is 1.37 bits per heavy atom. The highest BCUT2D eigenvalue weighted by atomic mass is 35.5. The summed E-state index contributed by atoms with van der Waals surface area (Å²) in [6, 6.07) is 5.07. The van der Waals surface area contributed by atoms with E-state index < -0.39 is 0 Å². The van der Waals surface area contributed by atoms with E-state index in [0.717, 1.165) is 23.1 Å². The summed E-state index contributed by atoms with van der Waals surface area (Å²) in [5.74, 6) is 1.04. The lowest BCUT2D eigenvalue weighted by Crippen LogP contribution is -2.30. The van der Waals surface area contributed by atoms with Gasteiger partial charge in [0.15, 0.2) is 0 Å². The lowest BCUT2D eigenvalue weighted by molar-refractivity contribution is 0.579. The SMILES string of the molecule is CC(C)NCc1nc(N(C)C2CCCC2)ccc1Cl. The Hall–Kier alpha value is -0.800. The predicted molar refractivity (Wildman–Crippen MR) is 81.9 cm³/mol. The Bertz CT molecular complexity index is 414. The van der Waals surface area contributed by atoms with Gasteiger partial charge in [0.05, 0.1) is 10.7 Å². The van der Waals surface area contributed by atoms with Crippen molar-refractivity contribution in [3.63, 3.8) is 0 Å². The van der Waals surface area contributed by atoms with E-state index in [0.29, 0.717) is 12.1 Å². The second kappa shape index (κ2) is 6.58. The molecule has 0 amide bonds. The molecule has 0 unspecified atom stereocenters. The quantitative estimate of drug-likeness (QED) is 0.894. The first-order chi connectivity index (χ1) is 9.08. The maximum atomic E-state index is 6.22. The fraction of sp³-hybridized carbons (Fsp3) is 0.667. The average Bonchev–Trinajstić information content (AvgIpc) is 2.90. The highest BCUT2D eigenvalue weighted by Crippen LogP contribution is 2.27. The summed E-state index contributed by atoms with van der Waals surface area (Å²) in [5.41, 5.74) is 0.942. The van der Waals surface area contributed by atoms with E-state index in [1.54, 1.807) is 0 Å². The summed E-state index contributed by atoms with van der Waals surface area (Å²) < 4.78 is 0. The van der Waals surface area contributed by atoms with Crippen molar-refractivity contribution in [3.05, 3.63) is 22.8 Å². The van der Waals surface area contributed by atoms with Crippen LogP contribution in [-0.2, 0) is 6.54 Å². The average molecular weight is 282 g/mol. The molecule has 106 valence electrons. The number of hydrogen-bond donors (Lipinski definition) is 1. The molecule has 1 aliphatic carbocycles. The van der Waals surface area contributed by atoms with E-state index in [1.807, 2.05) is 12.1 Å². The van der Waals surface area contributed by atoms with Crippen molar-refractivity contribution in [1.29, 1.82) is 0 Å². The lowest BCUT2D eigenvalue weighted by Gasteiger charge is -2.26. The number of anilines is 1. The van der Waals surface area contributed by atoms with Crippen molar-refractivity contribution in [3.8, 4) is 0 Å². The van der Waals surface area contributed by atoms with Gasteiger partial charge in [0.25, 0.3) is 0 Å². The van der Waals surface area contributed by atoms with Gasteiger partial charge in [0, 0.05) is 25.7 Å². The van der Waals surface area contributed by atoms with Gasteiger partial charge in [-0.3, -0.25) is 0 Å². The highest BCUT2D eigenvalue weighted by molar-refractivity contribution is 6.31. The molecule has 1 aromatic heterocycles. The first-order valence-electron chi connectivity index (χ1n) is 7.19. The molecule has 0 aliphatic heterocycles. The van der Waals surface area contributed by atoms with Gasteiger partial charge in [-0.15, -0.1) is 0 Å².